The maximum absolute atomic E-state index is 10.5. The molecule has 0 radical (unpaired) electrons. The summed E-state index contributed by atoms with van der Waals surface area (Å²) < 4.78 is 0. The number of carboxylic acid groups (broad SMARTS) is 2. The third kappa shape index (κ3) is 6.63. The lowest BCUT2D eigenvalue weighted by atomic mass is 10.1. The van der Waals surface area contributed by atoms with E-state index in [9.17, 15) is 9.59 Å². The zero-order chi connectivity index (χ0) is 21.9. The molecule has 0 saturated heterocycles. The summed E-state index contributed by atoms with van der Waals surface area (Å²) in [6, 6.07) is 17.6. The van der Waals surface area contributed by atoms with Crippen LogP contribution in [0.4, 0.5) is 0 Å². The Morgan fingerprint density at radius 3 is 1.93 bits per heavy atom. The van der Waals surface area contributed by atoms with Gasteiger partial charge >= 0.3 is 11.9 Å². The van der Waals surface area contributed by atoms with E-state index in [1.165, 1.54) is 29.7 Å². The van der Waals surface area contributed by atoms with Gasteiger partial charge in [-0.25, -0.2) is 9.59 Å². The molecule has 0 amide bonds. The van der Waals surface area contributed by atoms with Crippen molar-refractivity contribution >= 4 is 22.8 Å². The van der Waals surface area contributed by atoms with Crippen LogP contribution >= 0.6 is 0 Å². The van der Waals surface area contributed by atoms with Gasteiger partial charge in [0.1, 0.15) is 0 Å². The van der Waals surface area contributed by atoms with Crippen molar-refractivity contribution in [2.24, 2.45) is 0 Å². The molecule has 0 bridgehead atoms. The van der Waals surface area contributed by atoms with Gasteiger partial charge < -0.3 is 20.0 Å². The number of aromatic nitrogens is 1. The first kappa shape index (κ1) is 22.4. The van der Waals surface area contributed by atoms with E-state index in [4.69, 9.17) is 10.2 Å². The Balaban J connectivity index is 0.000000163. The molecule has 4 rings (SSSR count). The molecule has 2 N–H and O–H groups in total. The van der Waals surface area contributed by atoms with Gasteiger partial charge in [0.25, 0.3) is 0 Å². The minimum atomic E-state index is -1.23. The van der Waals surface area contributed by atoms with Gasteiger partial charge in [0.2, 0.25) is 0 Å². The lowest BCUT2D eigenvalue weighted by Crippen LogP contribution is -2.21. The average Bonchev–Trinajstić information content (AvgIpc) is 3.20. The van der Waals surface area contributed by atoms with Gasteiger partial charge in [0.15, 0.2) is 0 Å². The summed E-state index contributed by atoms with van der Waals surface area (Å²) in [5, 5.41) is 18.3. The van der Waals surface area contributed by atoms with Gasteiger partial charge in [0, 0.05) is 37.6 Å². The van der Waals surface area contributed by atoms with E-state index in [1.54, 1.807) is 0 Å². The van der Waals surface area contributed by atoms with E-state index >= 15 is 0 Å². The van der Waals surface area contributed by atoms with Crippen molar-refractivity contribution < 1.29 is 19.8 Å². The Bertz CT molecular complexity index is 922. The third-order valence-corrected chi connectivity index (χ3v) is 4.24. The number of rotatable bonds is 3. The SMILES string of the molecule is CCN1C=CN(C)C1.O=C(O)c1ccccc1C(=O)O.c1ccc2ncccc2c1. The van der Waals surface area contributed by atoms with E-state index in [1.807, 2.05) is 30.5 Å². The fourth-order valence-corrected chi connectivity index (χ4v) is 2.67. The Hall–Kier alpha value is -3.87. The molecule has 0 atom stereocenters. The minimum absolute atomic E-state index is 0.190. The molecule has 1 aliphatic rings. The van der Waals surface area contributed by atoms with Crippen LogP contribution in [0.1, 0.15) is 27.6 Å². The van der Waals surface area contributed by atoms with Crippen molar-refractivity contribution in [2.75, 3.05) is 20.3 Å². The lowest BCUT2D eigenvalue weighted by molar-refractivity contribution is 0.0651. The zero-order valence-corrected chi connectivity index (χ0v) is 17.0. The maximum Gasteiger partial charge on any atom is 0.336 e. The molecule has 7 nitrogen and oxygen atoms in total. The molecule has 3 aromatic rings. The topological polar surface area (TPSA) is 94.0 Å². The molecular formula is C23H25N3O4. The van der Waals surface area contributed by atoms with Crippen LogP contribution in [-0.4, -0.2) is 57.2 Å². The molecule has 1 aliphatic heterocycles. The first-order valence-electron chi connectivity index (χ1n) is 9.40. The van der Waals surface area contributed by atoms with Crippen LogP contribution in [0.25, 0.3) is 10.9 Å². The summed E-state index contributed by atoms with van der Waals surface area (Å²) in [5.74, 6) is -2.46. The highest BCUT2D eigenvalue weighted by Crippen LogP contribution is 2.08. The number of pyridine rings is 1. The van der Waals surface area contributed by atoms with Crippen molar-refractivity contribution in [3.63, 3.8) is 0 Å². The summed E-state index contributed by atoms with van der Waals surface area (Å²) in [7, 11) is 2.08. The summed E-state index contributed by atoms with van der Waals surface area (Å²) in [6.45, 7) is 4.32. The molecule has 0 spiro atoms. The van der Waals surface area contributed by atoms with Crippen molar-refractivity contribution in [1.29, 1.82) is 0 Å². The molecule has 0 unspecified atom stereocenters. The number of benzene rings is 2. The van der Waals surface area contributed by atoms with E-state index in [0.29, 0.717) is 0 Å². The van der Waals surface area contributed by atoms with Gasteiger partial charge in [-0.15, -0.1) is 0 Å². The number of hydrogen-bond acceptors (Lipinski definition) is 5. The van der Waals surface area contributed by atoms with E-state index in [2.05, 4.69) is 53.3 Å². The van der Waals surface area contributed by atoms with Gasteiger partial charge in [-0.05, 0) is 31.2 Å². The largest absolute Gasteiger partial charge is 0.478 e. The van der Waals surface area contributed by atoms with Crippen molar-refractivity contribution in [3.8, 4) is 0 Å². The Morgan fingerprint density at radius 2 is 1.47 bits per heavy atom. The Labute approximate surface area is 175 Å². The number of carbonyl (C=O) groups is 2. The summed E-state index contributed by atoms with van der Waals surface area (Å²) >= 11 is 0. The zero-order valence-electron chi connectivity index (χ0n) is 17.0. The number of carboxylic acids is 2. The number of aromatic carboxylic acids is 2. The highest BCUT2D eigenvalue weighted by molar-refractivity contribution is 6.01. The first-order valence-corrected chi connectivity index (χ1v) is 9.40. The van der Waals surface area contributed by atoms with E-state index in [-0.39, 0.29) is 11.1 Å². The highest BCUT2D eigenvalue weighted by atomic mass is 16.4. The second-order valence-electron chi connectivity index (χ2n) is 6.45. The number of nitrogens with zero attached hydrogens (tertiary/aromatic N) is 3. The second-order valence-corrected chi connectivity index (χ2v) is 6.45. The van der Waals surface area contributed by atoms with Gasteiger partial charge in [-0.3, -0.25) is 4.98 Å². The molecule has 0 saturated carbocycles. The van der Waals surface area contributed by atoms with E-state index < -0.39 is 11.9 Å². The predicted molar refractivity (Wildman–Crippen MR) is 116 cm³/mol. The Kier molecular flexibility index (Phi) is 8.38. The number of para-hydroxylation sites is 1. The molecule has 0 fully saturated rings. The minimum Gasteiger partial charge on any atom is -0.478 e. The van der Waals surface area contributed by atoms with Crippen LogP contribution in [-0.2, 0) is 0 Å². The molecule has 1 aromatic heterocycles. The molecule has 2 aromatic carbocycles. The standard InChI is InChI=1S/C9H7N.C8H6O4.C6H12N2/c1-2-6-9-8(4-1)5-3-7-10-9;9-7(10)5-3-1-2-4-6(5)8(11)12;1-3-8-5-4-7(2)6-8/h1-7H;1-4H,(H,9,10)(H,11,12);4-5H,3,6H2,1-2H3. The Morgan fingerprint density at radius 1 is 0.900 bits per heavy atom. The predicted octanol–water partition coefficient (Wildman–Crippen LogP) is 4.00. The smallest absolute Gasteiger partial charge is 0.336 e. The lowest BCUT2D eigenvalue weighted by Gasteiger charge is -2.14. The molecule has 30 heavy (non-hydrogen) atoms. The van der Waals surface area contributed by atoms with E-state index in [0.717, 1.165) is 18.7 Å². The van der Waals surface area contributed by atoms with Crippen LogP contribution in [0.3, 0.4) is 0 Å². The van der Waals surface area contributed by atoms with Crippen LogP contribution in [0.2, 0.25) is 0 Å². The average molecular weight is 407 g/mol. The van der Waals surface area contributed by atoms with Crippen LogP contribution in [0.15, 0.2) is 79.3 Å². The summed E-state index contributed by atoms with van der Waals surface area (Å²) in [5.41, 5.74) is 0.681. The number of fused-ring (bicyclic) bond motifs is 1. The van der Waals surface area contributed by atoms with Crippen molar-refractivity contribution in [2.45, 2.75) is 6.92 Å². The van der Waals surface area contributed by atoms with Gasteiger partial charge in [0.05, 0.1) is 23.3 Å². The van der Waals surface area contributed by atoms with Crippen molar-refractivity contribution in [1.82, 2.24) is 14.8 Å². The molecular weight excluding hydrogens is 382 g/mol. The van der Waals surface area contributed by atoms with Crippen LogP contribution in [0, 0.1) is 0 Å². The maximum atomic E-state index is 10.5. The van der Waals surface area contributed by atoms with Gasteiger partial charge in [-0.2, -0.15) is 0 Å². The molecule has 156 valence electrons. The summed E-state index contributed by atoms with van der Waals surface area (Å²) in [6.07, 6.45) is 6.01. The van der Waals surface area contributed by atoms with Crippen LogP contribution in [0.5, 0.6) is 0 Å². The molecule has 0 aliphatic carbocycles. The highest BCUT2D eigenvalue weighted by Gasteiger charge is 2.13. The number of hydrogen-bond donors (Lipinski definition) is 2. The summed E-state index contributed by atoms with van der Waals surface area (Å²) in [4.78, 5) is 29.5. The fourth-order valence-electron chi connectivity index (χ4n) is 2.67. The molecule has 7 heteroatoms. The third-order valence-electron chi connectivity index (χ3n) is 4.24. The normalized spacial score (nSPS) is 11.9. The fraction of sp³-hybridized carbons (Fsp3) is 0.174. The first-order chi connectivity index (χ1) is 14.4. The molecule has 2 heterocycles. The quantitative estimate of drug-likeness (QED) is 0.678. The van der Waals surface area contributed by atoms with Crippen molar-refractivity contribution in [3.05, 3.63) is 90.4 Å². The monoisotopic (exact) mass is 407 g/mol. The second kappa shape index (κ2) is 11.2. The van der Waals surface area contributed by atoms with Crippen LogP contribution < -0.4 is 0 Å². The van der Waals surface area contributed by atoms with Gasteiger partial charge in [-0.1, -0.05) is 36.4 Å².